The number of nitrogens with one attached hydrogen (secondary N) is 6. The Hall–Kier alpha value is -8.49. The predicted octanol–water partition coefficient (Wildman–Crippen LogP) is 4.48. The van der Waals surface area contributed by atoms with E-state index in [-0.39, 0.29) is 68.7 Å². The zero-order valence-corrected chi connectivity index (χ0v) is 66.3. The second-order valence-electron chi connectivity index (χ2n) is 31.5. The van der Waals surface area contributed by atoms with Crippen LogP contribution >= 0.6 is 0 Å². The Morgan fingerprint density at radius 1 is 0.505 bits per heavy atom. The summed E-state index contributed by atoms with van der Waals surface area (Å²) in [6.07, 6.45) is 2.43. The van der Waals surface area contributed by atoms with Gasteiger partial charge in [0.05, 0.1) is 25.2 Å². The zero-order chi connectivity index (χ0) is 78.9. The SMILES string of the molecule is CC(=O)NCCCC[C@@H]1NC(=O)[C@H](CC(C)C)N(C)C(=O)[C@H](CC(C)C)NC(=O)[C@H](Cc2ccccc2)N(C)C(=O)[C@@H](C(C)C)NC(=O)C[C@@H](C(=O)N2CCCCC2)NC(=O)[C@H](C(C)C)N(C)C(=O)[C@H](Cc2ccccc2)N(C)C(=O)[C@H](COC(C)(C)C)NC(=O)[C@H](CC(C)C)N(C)C(=O)CN(C)C1=O. The summed E-state index contributed by atoms with van der Waals surface area (Å²) >= 11 is 0. The van der Waals surface area contributed by atoms with Crippen LogP contribution in [0, 0.1) is 29.6 Å². The highest BCUT2D eigenvalue weighted by molar-refractivity contribution is 6.00. The highest BCUT2D eigenvalue weighted by atomic mass is 16.5. The molecule has 0 bridgehead atoms. The maximum absolute atomic E-state index is 15.6. The van der Waals surface area contributed by atoms with Gasteiger partial charge in [0.2, 0.25) is 76.8 Å². The van der Waals surface area contributed by atoms with E-state index in [1.54, 1.807) is 114 Å². The van der Waals surface area contributed by atoms with Crippen molar-refractivity contribution in [2.75, 3.05) is 75.1 Å². The van der Waals surface area contributed by atoms with Crippen molar-refractivity contribution in [1.29, 1.82) is 0 Å². The molecule has 0 spiro atoms. The first kappa shape index (κ1) is 88.9. The topological polar surface area (TPSA) is 326 Å². The molecule has 0 aliphatic carbocycles. The second kappa shape index (κ2) is 42.0. The van der Waals surface area contributed by atoms with E-state index in [4.69, 9.17) is 4.74 Å². The van der Waals surface area contributed by atoms with E-state index in [0.717, 1.165) is 11.3 Å². The maximum atomic E-state index is 15.6. The Morgan fingerprint density at radius 2 is 0.981 bits per heavy atom. The first-order valence-electron chi connectivity index (χ1n) is 37.5. The van der Waals surface area contributed by atoms with Crippen LogP contribution in [0.5, 0.6) is 0 Å². The summed E-state index contributed by atoms with van der Waals surface area (Å²) in [5.41, 5.74) is 0.431. The van der Waals surface area contributed by atoms with Gasteiger partial charge in [-0.05, 0) is 119 Å². The number of amides is 13. The maximum Gasteiger partial charge on any atom is 0.247 e. The van der Waals surface area contributed by atoms with E-state index in [1.165, 1.54) is 73.7 Å². The Labute approximate surface area is 623 Å². The number of likely N-dealkylation sites (N-methyl/N-ethyl adjacent to an activating group) is 6. The summed E-state index contributed by atoms with van der Waals surface area (Å²) in [6.45, 7) is 24.6. The average Bonchev–Trinajstić information content (AvgIpc) is 0.816. The number of benzene rings is 2. The molecule has 13 amide bonds. The molecule has 27 heteroatoms. The summed E-state index contributed by atoms with van der Waals surface area (Å²) in [4.78, 5) is 202. The van der Waals surface area contributed by atoms with Gasteiger partial charge in [-0.15, -0.1) is 0 Å². The molecule has 4 rings (SSSR count). The van der Waals surface area contributed by atoms with Crippen LogP contribution < -0.4 is 31.9 Å². The lowest BCUT2D eigenvalue weighted by atomic mass is 9.96. The molecule has 2 aromatic rings. The lowest BCUT2D eigenvalue weighted by Gasteiger charge is -2.38. The molecule has 10 atom stereocenters. The van der Waals surface area contributed by atoms with Crippen LogP contribution in [0.1, 0.15) is 172 Å². The fourth-order valence-electron chi connectivity index (χ4n) is 13.3. The van der Waals surface area contributed by atoms with E-state index < -0.39 is 168 Å². The first-order valence-corrected chi connectivity index (χ1v) is 37.5. The molecule has 2 fully saturated rings. The third kappa shape index (κ3) is 27.7. The van der Waals surface area contributed by atoms with Crippen LogP contribution in [-0.4, -0.2) is 252 Å². The van der Waals surface area contributed by atoms with Crippen LogP contribution in [0.3, 0.4) is 0 Å². The van der Waals surface area contributed by atoms with E-state index in [1.807, 2.05) is 41.5 Å². The minimum Gasteiger partial charge on any atom is -0.373 e. The third-order valence-corrected chi connectivity index (χ3v) is 19.3. The molecular weight excluding hydrogens is 1340 g/mol. The van der Waals surface area contributed by atoms with Gasteiger partial charge in [-0.3, -0.25) is 62.3 Å². The molecule has 6 N–H and O–H groups in total. The van der Waals surface area contributed by atoms with Crippen molar-refractivity contribution in [2.45, 2.75) is 240 Å². The number of hydrogen-bond donors (Lipinski definition) is 6. The van der Waals surface area contributed by atoms with Gasteiger partial charge in [0.1, 0.15) is 60.4 Å². The fraction of sp³-hybridized carbons (Fsp3) is 0.679. The normalized spacial score (nSPS) is 24.2. The molecule has 2 aliphatic rings. The number of carbonyl (C=O) groups excluding carboxylic acids is 13. The Kier molecular flexibility index (Phi) is 35.6. The van der Waals surface area contributed by atoms with Gasteiger partial charge in [-0.2, -0.15) is 0 Å². The van der Waals surface area contributed by atoms with Gasteiger partial charge in [0.25, 0.3) is 0 Å². The Balaban J connectivity index is 2.01. The van der Waals surface area contributed by atoms with Crippen molar-refractivity contribution in [2.24, 2.45) is 29.6 Å². The van der Waals surface area contributed by atoms with Gasteiger partial charge in [0.15, 0.2) is 0 Å². The Morgan fingerprint density at radius 3 is 1.49 bits per heavy atom. The molecule has 2 saturated heterocycles. The minimum atomic E-state index is -1.51. The van der Waals surface area contributed by atoms with Crippen molar-refractivity contribution < 1.29 is 67.1 Å². The first-order chi connectivity index (χ1) is 49.1. The van der Waals surface area contributed by atoms with Crippen molar-refractivity contribution in [3.63, 3.8) is 0 Å². The van der Waals surface area contributed by atoms with Crippen LogP contribution in [0.25, 0.3) is 0 Å². The molecule has 27 nitrogen and oxygen atoms in total. The van der Waals surface area contributed by atoms with Gasteiger partial charge in [-0.25, -0.2) is 0 Å². The van der Waals surface area contributed by atoms with Crippen molar-refractivity contribution in [1.82, 2.24) is 66.2 Å². The molecule has 586 valence electrons. The summed E-state index contributed by atoms with van der Waals surface area (Å²) in [5.74, 6) is -10.6. The second-order valence-corrected chi connectivity index (χ2v) is 31.5. The van der Waals surface area contributed by atoms with Gasteiger partial charge >= 0.3 is 0 Å². The van der Waals surface area contributed by atoms with Crippen LogP contribution in [-0.2, 0) is 79.9 Å². The predicted molar refractivity (Wildman–Crippen MR) is 402 cm³/mol. The van der Waals surface area contributed by atoms with Crippen LogP contribution in [0.4, 0.5) is 0 Å². The number of ether oxygens (including phenoxy) is 1. The summed E-state index contributed by atoms with van der Waals surface area (Å²) < 4.78 is 6.22. The molecule has 2 aliphatic heterocycles. The number of unbranched alkanes of at least 4 members (excludes halogenated alkanes) is 1. The number of rotatable bonds is 20. The Bertz CT molecular complexity index is 3250. The van der Waals surface area contributed by atoms with Crippen LogP contribution in [0.2, 0.25) is 0 Å². The van der Waals surface area contributed by atoms with Crippen molar-refractivity contribution >= 4 is 76.8 Å². The third-order valence-electron chi connectivity index (χ3n) is 19.3. The summed E-state index contributed by atoms with van der Waals surface area (Å²) in [5, 5.41) is 17.2. The van der Waals surface area contributed by atoms with Crippen LogP contribution in [0.15, 0.2) is 60.7 Å². The lowest BCUT2D eigenvalue weighted by Crippen LogP contribution is -2.62. The highest BCUT2D eigenvalue weighted by Gasteiger charge is 2.44. The summed E-state index contributed by atoms with van der Waals surface area (Å²) in [7, 11) is 8.49. The van der Waals surface area contributed by atoms with Gasteiger partial charge < -0.3 is 70.9 Å². The summed E-state index contributed by atoms with van der Waals surface area (Å²) in [6, 6.07) is 4.49. The fourth-order valence-corrected chi connectivity index (χ4v) is 13.3. The molecule has 0 radical (unpaired) electrons. The number of piperidine rings is 1. The smallest absolute Gasteiger partial charge is 0.247 e. The highest BCUT2D eigenvalue weighted by Crippen LogP contribution is 2.24. The molecule has 0 saturated carbocycles. The largest absolute Gasteiger partial charge is 0.373 e. The zero-order valence-electron chi connectivity index (χ0n) is 66.3. The van der Waals surface area contributed by atoms with E-state index in [9.17, 15) is 24.0 Å². The molecule has 0 unspecified atom stereocenters. The molecular formula is C78H125N13O14. The van der Waals surface area contributed by atoms with E-state index in [0.29, 0.717) is 49.9 Å². The molecule has 0 aromatic heterocycles. The van der Waals surface area contributed by atoms with E-state index in [2.05, 4.69) is 31.9 Å². The molecule has 105 heavy (non-hydrogen) atoms. The van der Waals surface area contributed by atoms with E-state index >= 15 is 38.4 Å². The lowest BCUT2D eigenvalue weighted by molar-refractivity contribution is -0.152. The number of likely N-dealkylation sites (tertiary alicyclic amines) is 1. The number of hydrogen-bond acceptors (Lipinski definition) is 14. The minimum absolute atomic E-state index is 0.0343. The van der Waals surface area contributed by atoms with Gasteiger partial charge in [0, 0.05) is 81.7 Å². The molecule has 2 aromatic carbocycles. The number of carbonyl (C=O) groups is 13. The van der Waals surface area contributed by atoms with Crippen molar-refractivity contribution in [3.8, 4) is 0 Å². The van der Waals surface area contributed by atoms with Crippen molar-refractivity contribution in [3.05, 3.63) is 71.8 Å². The standard InChI is InChI=1S/C78H125N13O14/c1-48(2)40-57-73(100)87(17)61(42-50(5)6)69(96)80-56(36-28-29-37-79-53(11)92)72(99)85(15)46-65(94)86(16)60(41-49(3)4)68(95)83-59(47-105-78(12,13)14)74(101)89(19)63(44-55-34-26-22-27-35-55)76(103)90(20)67(52(9)10)71(98)82-58(75(102)91-38-30-23-31-39-91)45-64(93)84-66(51(7)8)77(104)88(18)62(70(97)81-57)43-54-32-24-21-25-33-54/h21-22,24-27,32-35,48-52,56-63,66-67H,23,28-31,36-47H2,1-20H3,(H,79,92)(H,80,96)(H,81,97)(H,82,98)(H,83,95)(H,84,93)/t56-,57-,58-,59-,60-,61-,62-,63-,66+,67-/m0/s1. The molecule has 2 heterocycles. The van der Waals surface area contributed by atoms with Gasteiger partial charge in [-0.1, -0.05) is 130 Å². The monoisotopic (exact) mass is 1470 g/mol. The number of nitrogens with zero attached hydrogens (tertiary/aromatic N) is 7. The average molecular weight is 1470 g/mol. The quantitative estimate of drug-likeness (QED) is 0.0997.